The Morgan fingerprint density at radius 1 is 1.21 bits per heavy atom. The molecule has 0 bridgehead atoms. The van der Waals surface area contributed by atoms with Gasteiger partial charge in [0.15, 0.2) is 0 Å². The van der Waals surface area contributed by atoms with Crippen LogP contribution in [0.15, 0.2) is 33.5 Å². The number of thiophene rings is 1. The summed E-state index contributed by atoms with van der Waals surface area (Å²) < 4.78 is 2.46. The minimum atomic E-state index is -0.249. The number of halogens is 1. The van der Waals surface area contributed by atoms with Gasteiger partial charge in [0.1, 0.15) is 17.2 Å². The summed E-state index contributed by atoms with van der Waals surface area (Å²) in [5.74, 6) is 0.374. The fraction of sp³-hybridized carbons (Fsp3) is 0.381. The van der Waals surface area contributed by atoms with Crippen LogP contribution in [0.3, 0.4) is 0 Å². The van der Waals surface area contributed by atoms with Crippen molar-refractivity contribution < 1.29 is 4.79 Å². The molecule has 1 aromatic carbocycles. The molecule has 0 fully saturated rings. The Balaban J connectivity index is 1.99. The van der Waals surface area contributed by atoms with Gasteiger partial charge in [-0.25, -0.2) is 4.98 Å². The summed E-state index contributed by atoms with van der Waals surface area (Å²) >= 11 is 4.92. The maximum Gasteiger partial charge on any atom is 0.263 e. The molecule has 0 aliphatic heterocycles. The van der Waals surface area contributed by atoms with Crippen molar-refractivity contribution in [1.82, 2.24) is 14.5 Å². The molecular formula is C21H25BrN4O2S. The summed E-state index contributed by atoms with van der Waals surface area (Å²) in [5.41, 5.74) is 1.48. The van der Waals surface area contributed by atoms with E-state index >= 15 is 0 Å². The molecule has 3 aromatic rings. The lowest BCUT2D eigenvalue weighted by Gasteiger charge is -2.20. The van der Waals surface area contributed by atoms with Gasteiger partial charge in [0.25, 0.3) is 5.56 Å². The summed E-state index contributed by atoms with van der Waals surface area (Å²) in [5, 5.41) is 3.48. The van der Waals surface area contributed by atoms with E-state index in [1.165, 1.54) is 15.9 Å². The van der Waals surface area contributed by atoms with Crippen molar-refractivity contribution in [3.8, 4) is 0 Å². The summed E-state index contributed by atoms with van der Waals surface area (Å²) in [6, 6.07) is 7.35. The van der Waals surface area contributed by atoms with Crippen LogP contribution in [0.2, 0.25) is 0 Å². The predicted octanol–water partition coefficient (Wildman–Crippen LogP) is 4.32. The molecule has 0 unspecified atom stereocenters. The molecule has 2 aromatic heterocycles. The van der Waals surface area contributed by atoms with E-state index in [0.29, 0.717) is 23.4 Å². The summed E-state index contributed by atoms with van der Waals surface area (Å²) in [6.45, 7) is 10.2. The van der Waals surface area contributed by atoms with Crippen molar-refractivity contribution in [2.75, 3.05) is 18.4 Å². The fourth-order valence-corrected chi connectivity index (χ4v) is 4.48. The lowest BCUT2D eigenvalue weighted by molar-refractivity contribution is -0.116. The van der Waals surface area contributed by atoms with Crippen molar-refractivity contribution in [3.63, 3.8) is 0 Å². The van der Waals surface area contributed by atoms with E-state index in [-0.39, 0.29) is 18.0 Å². The molecule has 8 heteroatoms. The van der Waals surface area contributed by atoms with Crippen LogP contribution >= 0.6 is 27.3 Å². The number of nitrogens with one attached hydrogen (secondary N) is 1. The maximum absolute atomic E-state index is 13.3. The van der Waals surface area contributed by atoms with E-state index in [0.717, 1.165) is 32.8 Å². The van der Waals surface area contributed by atoms with Gasteiger partial charge in [-0.1, -0.05) is 29.8 Å². The second-order valence-electron chi connectivity index (χ2n) is 6.90. The monoisotopic (exact) mass is 476 g/mol. The number of hydrogen-bond donors (Lipinski definition) is 1. The van der Waals surface area contributed by atoms with Gasteiger partial charge in [0, 0.05) is 15.0 Å². The average molecular weight is 477 g/mol. The van der Waals surface area contributed by atoms with Gasteiger partial charge in [-0.05, 0) is 56.8 Å². The van der Waals surface area contributed by atoms with E-state index in [1.54, 1.807) is 0 Å². The van der Waals surface area contributed by atoms with Crippen LogP contribution < -0.4 is 10.9 Å². The van der Waals surface area contributed by atoms with Crippen LogP contribution in [0, 0.1) is 13.8 Å². The first-order valence-corrected chi connectivity index (χ1v) is 11.2. The van der Waals surface area contributed by atoms with Crippen LogP contribution in [0.5, 0.6) is 0 Å². The minimum Gasteiger partial charge on any atom is -0.325 e. The Labute approximate surface area is 182 Å². The highest BCUT2D eigenvalue weighted by Crippen LogP contribution is 2.26. The number of fused-ring (bicyclic) bond motifs is 1. The zero-order valence-corrected chi connectivity index (χ0v) is 19.5. The first-order valence-electron chi connectivity index (χ1n) is 9.61. The normalized spacial score (nSPS) is 11.4. The molecule has 2 heterocycles. The number of aryl methyl sites for hydroxylation is 2. The molecule has 29 heavy (non-hydrogen) atoms. The second-order valence-corrected chi connectivity index (χ2v) is 9.02. The predicted molar refractivity (Wildman–Crippen MR) is 123 cm³/mol. The molecule has 0 atom stereocenters. The van der Waals surface area contributed by atoms with Gasteiger partial charge < -0.3 is 5.32 Å². The largest absolute Gasteiger partial charge is 0.325 e. The molecule has 0 aliphatic carbocycles. The van der Waals surface area contributed by atoms with Crippen molar-refractivity contribution >= 4 is 49.1 Å². The third-order valence-corrected chi connectivity index (χ3v) is 6.69. The third-order valence-electron chi connectivity index (χ3n) is 5.06. The van der Waals surface area contributed by atoms with Gasteiger partial charge in [0.2, 0.25) is 5.91 Å². The second kappa shape index (κ2) is 9.19. The number of benzene rings is 1. The minimum absolute atomic E-state index is 0.0667. The summed E-state index contributed by atoms with van der Waals surface area (Å²) in [4.78, 5) is 34.8. The Morgan fingerprint density at radius 2 is 1.86 bits per heavy atom. The molecule has 6 nitrogen and oxygen atoms in total. The smallest absolute Gasteiger partial charge is 0.263 e. The van der Waals surface area contributed by atoms with Crippen molar-refractivity contribution in [3.05, 3.63) is 55.4 Å². The molecule has 1 N–H and O–H groups in total. The van der Waals surface area contributed by atoms with E-state index < -0.39 is 0 Å². The van der Waals surface area contributed by atoms with Crippen LogP contribution in [0.1, 0.15) is 30.1 Å². The van der Waals surface area contributed by atoms with Gasteiger partial charge >= 0.3 is 0 Å². The van der Waals surface area contributed by atoms with Crippen molar-refractivity contribution in [2.24, 2.45) is 0 Å². The fourth-order valence-electron chi connectivity index (χ4n) is 3.18. The lowest BCUT2D eigenvalue weighted by Crippen LogP contribution is -2.34. The third kappa shape index (κ3) is 4.76. The van der Waals surface area contributed by atoms with Gasteiger partial charge in [0.05, 0.1) is 11.9 Å². The molecule has 3 rings (SSSR count). The van der Waals surface area contributed by atoms with E-state index in [2.05, 4.69) is 40.0 Å². The van der Waals surface area contributed by atoms with Crippen LogP contribution in [-0.2, 0) is 17.9 Å². The van der Waals surface area contributed by atoms with Crippen LogP contribution in [0.4, 0.5) is 5.69 Å². The zero-order valence-electron chi connectivity index (χ0n) is 17.1. The number of nitrogens with zero attached hydrogens (tertiary/aromatic N) is 3. The molecular weight excluding hydrogens is 452 g/mol. The summed E-state index contributed by atoms with van der Waals surface area (Å²) in [6.07, 6.45) is 0. The van der Waals surface area contributed by atoms with Gasteiger partial charge in [-0.2, -0.15) is 0 Å². The number of carbonyl (C=O) groups excluding carboxylic acids is 1. The highest BCUT2D eigenvalue weighted by Gasteiger charge is 2.19. The van der Waals surface area contributed by atoms with Gasteiger partial charge in [-0.3, -0.25) is 19.1 Å². The van der Waals surface area contributed by atoms with Crippen molar-refractivity contribution in [1.29, 1.82) is 0 Å². The number of rotatable bonds is 7. The number of anilines is 1. The molecule has 0 radical (unpaired) electrons. The topological polar surface area (TPSA) is 67.2 Å². The molecule has 0 saturated heterocycles. The Kier molecular flexibility index (Phi) is 6.87. The quantitative estimate of drug-likeness (QED) is 0.551. The Hall–Kier alpha value is -2.03. The van der Waals surface area contributed by atoms with Gasteiger partial charge in [-0.15, -0.1) is 11.3 Å². The highest BCUT2D eigenvalue weighted by molar-refractivity contribution is 9.10. The van der Waals surface area contributed by atoms with E-state index in [9.17, 15) is 9.59 Å². The number of carbonyl (C=O) groups is 1. The van der Waals surface area contributed by atoms with Crippen LogP contribution in [-0.4, -0.2) is 33.4 Å². The molecule has 0 spiro atoms. The van der Waals surface area contributed by atoms with E-state index in [4.69, 9.17) is 4.98 Å². The zero-order chi connectivity index (χ0) is 21.1. The number of hydrogen-bond acceptors (Lipinski definition) is 5. The van der Waals surface area contributed by atoms with E-state index in [1.807, 2.05) is 38.1 Å². The molecule has 1 amide bonds. The standard InChI is InChI=1S/C21H25BrN4O2S/c1-5-25(6-2)11-17-24-20-19(13(3)14(4)29-20)21(28)26(17)12-18(27)23-16-9-7-15(22)8-10-16/h7-10H,5-6,11-12H2,1-4H3,(H,23,27). The Bertz CT molecular complexity index is 1080. The molecule has 0 saturated carbocycles. The molecule has 154 valence electrons. The number of aromatic nitrogens is 2. The summed E-state index contributed by atoms with van der Waals surface area (Å²) in [7, 11) is 0. The SMILES string of the molecule is CCN(CC)Cc1nc2sc(C)c(C)c2c(=O)n1CC(=O)Nc1ccc(Br)cc1. The maximum atomic E-state index is 13.3. The Morgan fingerprint density at radius 3 is 2.48 bits per heavy atom. The number of amides is 1. The van der Waals surface area contributed by atoms with Crippen LogP contribution in [0.25, 0.3) is 10.2 Å². The molecule has 0 aliphatic rings. The highest BCUT2D eigenvalue weighted by atomic mass is 79.9. The average Bonchev–Trinajstić information content (AvgIpc) is 2.98. The lowest BCUT2D eigenvalue weighted by atomic mass is 10.2. The first-order chi connectivity index (χ1) is 13.8. The van der Waals surface area contributed by atoms with Crippen molar-refractivity contribution in [2.45, 2.75) is 40.8 Å². The first kappa shape index (κ1) is 21.7.